The highest BCUT2D eigenvalue weighted by Gasteiger charge is 2.51. The van der Waals surface area contributed by atoms with Crippen LogP contribution >= 0.6 is 0 Å². The van der Waals surface area contributed by atoms with E-state index in [1.165, 1.54) is 12.8 Å². The molecule has 0 fully saturated rings. The lowest BCUT2D eigenvalue weighted by molar-refractivity contribution is -0.0873. The maximum atomic E-state index is 2.55. The van der Waals surface area contributed by atoms with E-state index in [-0.39, 0.29) is 0 Å². The molecule has 0 aromatic rings. The molecule has 0 radical (unpaired) electrons. The maximum Gasteiger partial charge on any atom is -0.0241 e. The lowest BCUT2D eigenvalue weighted by Crippen LogP contribution is -2.50. The molecule has 0 heterocycles. The highest BCUT2D eigenvalue weighted by molar-refractivity contribution is 5.00. The molecule has 19 heavy (non-hydrogen) atoms. The molecule has 3 unspecified atom stereocenters. The van der Waals surface area contributed by atoms with Crippen LogP contribution in [0.15, 0.2) is 0 Å². The Hall–Kier alpha value is 0. The van der Waals surface area contributed by atoms with E-state index in [0.717, 1.165) is 17.8 Å². The molecule has 0 amide bonds. The molecule has 0 aromatic carbocycles. The van der Waals surface area contributed by atoms with Gasteiger partial charge in [0.25, 0.3) is 0 Å². The molecule has 0 aliphatic rings. The van der Waals surface area contributed by atoms with Crippen LogP contribution in [0.25, 0.3) is 0 Å². The minimum absolute atomic E-state index is 0.332. The van der Waals surface area contributed by atoms with Crippen LogP contribution in [0.2, 0.25) is 0 Å². The van der Waals surface area contributed by atoms with Crippen LogP contribution in [0.1, 0.15) is 89.0 Å². The minimum atomic E-state index is 0.332. The summed E-state index contributed by atoms with van der Waals surface area (Å²) < 4.78 is 0. The third-order valence-corrected chi connectivity index (χ3v) is 6.98. The second kappa shape index (κ2) is 6.19. The van der Waals surface area contributed by atoms with Crippen molar-refractivity contribution < 1.29 is 0 Å². The number of hydrogen-bond donors (Lipinski definition) is 0. The number of hydrogen-bond acceptors (Lipinski definition) is 0. The van der Waals surface area contributed by atoms with Crippen LogP contribution in [-0.2, 0) is 0 Å². The topological polar surface area (TPSA) is 0 Å². The van der Waals surface area contributed by atoms with Crippen molar-refractivity contribution >= 4 is 0 Å². The molecule has 0 spiro atoms. The Morgan fingerprint density at radius 2 is 1.21 bits per heavy atom. The summed E-state index contributed by atoms with van der Waals surface area (Å²) in [5.74, 6) is 2.36. The van der Waals surface area contributed by atoms with Crippen LogP contribution in [0, 0.1) is 34.0 Å². The monoisotopic (exact) mass is 268 g/mol. The summed E-state index contributed by atoms with van der Waals surface area (Å²) in [5, 5.41) is 0. The van der Waals surface area contributed by atoms with Gasteiger partial charge in [-0.25, -0.2) is 0 Å². The van der Waals surface area contributed by atoms with E-state index in [1.807, 2.05) is 0 Å². The van der Waals surface area contributed by atoms with Crippen molar-refractivity contribution in [1.82, 2.24) is 0 Å². The van der Waals surface area contributed by atoms with Crippen molar-refractivity contribution in [2.75, 3.05) is 0 Å². The largest absolute Gasteiger partial charge is 0.0651 e. The smallest absolute Gasteiger partial charge is 0.0241 e. The van der Waals surface area contributed by atoms with Crippen LogP contribution < -0.4 is 0 Å². The molecule has 0 heteroatoms. The van der Waals surface area contributed by atoms with E-state index in [9.17, 15) is 0 Å². The average molecular weight is 269 g/mol. The molecular weight excluding hydrogens is 228 g/mol. The standard InChI is InChI=1S/C19H40/c1-12-16(15(5)14(3)4)19(11,13-2)18(9,10)17(6,7)8/h14-16H,12-13H2,1-11H3. The van der Waals surface area contributed by atoms with E-state index >= 15 is 0 Å². The van der Waals surface area contributed by atoms with E-state index < -0.39 is 0 Å². The Labute approximate surface area is 123 Å². The van der Waals surface area contributed by atoms with E-state index in [1.54, 1.807) is 0 Å². The predicted octanol–water partition coefficient (Wildman–Crippen LogP) is 6.79. The van der Waals surface area contributed by atoms with Gasteiger partial charge in [0.15, 0.2) is 0 Å². The first kappa shape index (κ1) is 19.0. The van der Waals surface area contributed by atoms with Gasteiger partial charge in [0.2, 0.25) is 0 Å². The Kier molecular flexibility index (Phi) is 6.19. The Bertz CT molecular complexity index is 266. The Balaban J connectivity index is 5.69. The summed E-state index contributed by atoms with van der Waals surface area (Å²) in [6, 6.07) is 0. The van der Waals surface area contributed by atoms with Crippen LogP contribution in [-0.4, -0.2) is 0 Å². The molecule has 0 aliphatic carbocycles. The molecule has 0 aromatic heterocycles. The Morgan fingerprint density at radius 1 is 0.789 bits per heavy atom. The van der Waals surface area contributed by atoms with Gasteiger partial charge in [-0.3, -0.25) is 0 Å². The van der Waals surface area contributed by atoms with Gasteiger partial charge in [-0.15, -0.1) is 0 Å². The lowest BCUT2D eigenvalue weighted by atomic mass is 9.47. The molecular formula is C19H40. The van der Waals surface area contributed by atoms with E-state index in [2.05, 4.69) is 76.2 Å². The fraction of sp³-hybridized carbons (Fsp3) is 1.00. The summed E-state index contributed by atoms with van der Waals surface area (Å²) in [6.45, 7) is 26.8. The van der Waals surface area contributed by atoms with Crippen molar-refractivity contribution in [3.8, 4) is 0 Å². The zero-order chi connectivity index (χ0) is 15.6. The molecule has 0 nitrogen and oxygen atoms in total. The fourth-order valence-corrected chi connectivity index (χ4v) is 3.89. The zero-order valence-corrected chi connectivity index (χ0v) is 15.6. The molecule has 3 atom stereocenters. The predicted molar refractivity (Wildman–Crippen MR) is 89.4 cm³/mol. The van der Waals surface area contributed by atoms with Gasteiger partial charge in [0.1, 0.15) is 0 Å². The van der Waals surface area contributed by atoms with Gasteiger partial charge in [-0.1, -0.05) is 82.6 Å². The summed E-state index contributed by atoms with van der Waals surface area (Å²) in [6.07, 6.45) is 2.57. The van der Waals surface area contributed by atoms with Gasteiger partial charge in [0, 0.05) is 0 Å². The molecule has 116 valence electrons. The first-order valence-electron chi connectivity index (χ1n) is 8.36. The lowest BCUT2D eigenvalue weighted by Gasteiger charge is -2.57. The number of rotatable bonds is 6. The van der Waals surface area contributed by atoms with Crippen molar-refractivity contribution in [3.05, 3.63) is 0 Å². The van der Waals surface area contributed by atoms with Gasteiger partial charge in [0.05, 0.1) is 0 Å². The second-order valence-corrected chi connectivity index (χ2v) is 8.76. The van der Waals surface area contributed by atoms with Gasteiger partial charge < -0.3 is 0 Å². The second-order valence-electron chi connectivity index (χ2n) is 8.76. The summed E-state index contributed by atoms with van der Waals surface area (Å²) in [7, 11) is 0. The van der Waals surface area contributed by atoms with Crippen molar-refractivity contribution in [2.45, 2.75) is 89.0 Å². The average Bonchev–Trinajstić information content (AvgIpc) is 2.27. The van der Waals surface area contributed by atoms with E-state index in [4.69, 9.17) is 0 Å². The zero-order valence-electron chi connectivity index (χ0n) is 15.6. The third-order valence-electron chi connectivity index (χ3n) is 6.98. The summed E-state index contributed by atoms with van der Waals surface area (Å²) in [5.41, 5.74) is 1.06. The van der Waals surface area contributed by atoms with Gasteiger partial charge in [-0.2, -0.15) is 0 Å². The van der Waals surface area contributed by atoms with Crippen LogP contribution in [0.3, 0.4) is 0 Å². The molecule has 0 saturated carbocycles. The maximum absolute atomic E-state index is 2.55. The SMILES string of the molecule is CCC(C(C)C(C)C)C(C)(CC)C(C)(C)C(C)(C)C. The van der Waals surface area contributed by atoms with Crippen molar-refractivity contribution in [1.29, 1.82) is 0 Å². The quantitative estimate of drug-likeness (QED) is 0.497. The fourth-order valence-electron chi connectivity index (χ4n) is 3.89. The highest BCUT2D eigenvalue weighted by atomic mass is 14.6. The summed E-state index contributed by atoms with van der Waals surface area (Å²) in [4.78, 5) is 0. The third kappa shape index (κ3) is 3.37. The molecule has 0 aliphatic heterocycles. The summed E-state index contributed by atoms with van der Waals surface area (Å²) >= 11 is 0. The van der Waals surface area contributed by atoms with Gasteiger partial charge in [-0.05, 0) is 40.4 Å². The first-order chi connectivity index (χ1) is 8.36. The van der Waals surface area contributed by atoms with E-state index in [0.29, 0.717) is 16.2 Å². The van der Waals surface area contributed by atoms with Crippen LogP contribution in [0.4, 0.5) is 0 Å². The van der Waals surface area contributed by atoms with Crippen molar-refractivity contribution in [3.63, 3.8) is 0 Å². The Morgan fingerprint density at radius 3 is 1.42 bits per heavy atom. The van der Waals surface area contributed by atoms with Gasteiger partial charge >= 0.3 is 0 Å². The van der Waals surface area contributed by atoms with Crippen LogP contribution in [0.5, 0.6) is 0 Å². The minimum Gasteiger partial charge on any atom is -0.0651 e. The highest BCUT2D eigenvalue weighted by Crippen LogP contribution is 2.59. The normalized spacial score (nSPS) is 20.2. The van der Waals surface area contributed by atoms with Crippen molar-refractivity contribution in [2.24, 2.45) is 34.0 Å². The molecule has 0 bridgehead atoms. The molecule has 0 saturated heterocycles. The first-order valence-corrected chi connectivity index (χ1v) is 8.36. The molecule has 0 N–H and O–H groups in total. The molecule has 0 rings (SSSR count).